The van der Waals surface area contributed by atoms with Crippen molar-refractivity contribution in [3.63, 3.8) is 0 Å². The molecule has 1 amide bonds. The topological polar surface area (TPSA) is 70.7 Å². The van der Waals surface area contributed by atoms with Crippen LogP contribution in [0.1, 0.15) is 16.1 Å². The van der Waals surface area contributed by atoms with Crippen LogP contribution in [0, 0.1) is 0 Å². The zero-order valence-electron chi connectivity index (χ0n) is 12.1. The Labute approximate surface area is 134 Å². The Bertz CT molecular complexity index is 859. The Balaban J connectivity index is 1.78. The first kappa shape index (κ1) is 15.7. The first-order chi connectivity index (χ1) is 11.4. The highest BCUT2D eigenvalue weighted by Crippen LogP contribution is 2.30. The number of rotatable bonds is 3. The predicted octanol–water partition coefficient (Wildman–Crippen LogP) is 3.74. The SMILES string of the molecule is O=C(Nc1cccc(C(F)(F)F)c1)c1cc(-c2cccnc2)n[nH]1. The Morgan fingerprint density at radius 3 is 2.67 bits per heavy atom. The number of halogens is 3. The first-order valence-corrected chi connectivity index (χ1v) is 6.88. The molecule has 0 unspecified atom stereocenters. The van der Waals surface area contributed by atoms with E-state index in [1.165, 1.54) is 18.2 Å². The molecule has 0 aliphatic heterocycles. The third-order valence-electron chi connectivity index (χ3n) is 3.23. The van der Waals surface area contributed by atoms with Crippen molar-refractivity contribution < 1.29 is 18.0 Å². The summed E-state index contributed by atoms with van der Waals surface area (Å²) in [5.41, 5.74) is 0.573. The van der Waals surface area contributed by atoms with Crippen LogP contribution in [0.15, 0.2) is 54.9 Å². The van der Waals surface area contributed by atoms with Gasteiger partial charge < -0.3 is 5.32 Å². The van der Waals surface area contributed by atoms with Crippen LogP contribution in [0.2, 0.25) is 0 Å². The van der Waals surface area contributed by atoms with Crippen molar-refractivity contribution in [2.45, 2.75) is 6.18 Å². The quantitative estimate of drug-likeness (QED) is 0.767. The summed E-state index contributed by atoms with van der Waals surface area (Å²) in [5.74, 6) is -0.586. The van der Waals surface area contributed by atoms with Crippen LogP contribution in [0.5, 0.6) is 0 Å². The third-order valence-corrected chi connectivity index (χ3v) is 3.23. The maximum absolute atomic E-state index is 12.7. The van der Waals surface area contributed by atoms with Gasteiger partial charge in [-0.25, -0.2) is 0 Å². The fraction of sp³-hybridized carbons (Fsp3) is 0.0625. The van der Waals surface area contributed by atoms with Crippen LogP contribution in [-0.2, 0) is 6.18 Å². The van der Waals surface area contributed by atoms with Gasteiger partial charge in [0.25, 0.3) is 5.91 Å². The smallest absolute Gasteiger partial charge is 0.321 e. The highest BCUT2D eigenvalue weighted by atomic mass is 19.4. The zero-order chi connectivity index (χ0) is 17.2. The number of carbonyl (C=O) groups is 1. The molecule has 0 aliphatic carbocycles. The molecule has 2 heterocycles. The molecule has 24 heavy (non-hydrogen) atoms. The van der Waals surface area contributed by atoms with Gasteiger partial charge in [-0.15, -0.1) is 0 Å². The van der Waals surface area contributed by atoms with Crippen LogP contribution >= 0.6 is 0 Å². The summed E-state index contributed by atoms with van der Waals surface area (Å²) in [6.45, 7) is 0. The number of alkyl halides is 3. The molecule has 1 aromatic carbocycles. The van der Waals surface area contributed by atoms with Gasteiger partial charge in [-0.1, -0.05) is 6.07 Å². The number of aromatic nitrogens is 3. The number of nitrogens with zero attached hydrogens (tertiary/aromatic N) is 2. The number of pyridine rings is 1. The molecule has 0 bridgehead atoms. The zero-order valence-corrected chi connectivity index (χ0v) is 12.1. The fourth-order valence-electron chi connectivity index (χ4n) is 2.07. The minimum absolute atomic E-state index is 0.0485. The summed E-state index contributed by atoms with van der Waals surface area (Å²) >= 11 is 0. The molecule has 5 nitrogen and oxygen atoms in total. The van der Waals surface area contributed by atoms with E-state index in [9.17, 15) is 18.0 Å². The lowest BCUT2D eigenvalue weighted by molar-refractivity contribution is -0.137. The van der Waals surface area contributed by atoms with Gasteiger partial charge in [0.05, 0.1) is 11.3 Å². The van der Waals surface area contributed by atoms with E-state index in [0.717, 1.165) is 12.1 Å². The lowest BCUT2D eigenvalue weighted by atomic mass is 10.2. The summed E-state index contributed by atoms with van der Waals surface area (Å²) in [5, 5.41) is 8.97. The van der Waals surface area contributed by atoms with E-state index in [1.807, 2.05) is 0 Å². The molecule has 0 radical (unpaired) electrons. The average Bonchev–Trinajstić information content (AvgIpc) is 3.05. The summed E-state index contributed by atoms with van der Waals surface area (Å²) in [6.07, 6.45) is -1.27. The number of carbonyl (C=O) groups excluding carboxylic acids is 1. The van der Waals surface area contributed by atoms with E-state index < -0.39 is 17.6 Å². The van der Waals surface area contributed by atoms with E-state index in [-0.39, 0.29) is 11.4 Å². The second-order valence-electron chi connectivity index (χ2n) is 4.94. The number of hydrogen-bond donors (Lipinski definition) is 2. The molecule has 0 saturated carbocycles. The Morgan fingerprint density at radius 2 is 1.96 bits per heavy atom. The molecular formula is C16H11F3N4O. The van der Waals surface area contributed by atoms with Gasteiger partial charge in [-0.3, -0.25) is 14.9 Å². The predicted molar refractivity (Wildman–Crippen MR) is 81.2 cm³/mol. The van der Waals surface area contributed by atoms with Gasteiger partial charge in [-0.2, -0.15) is 18.3 Å². The molecule has 0 fully saturated rings. The number of aromatic amines is 1. The molecule has 2 N–H and O–H groups in total. The molecular weight excluding hydrogens is 321 g/mol. The fourth-order valence-corrected chi connectivity index (χ4v) is 2.07. The van der Waals surface area contributed by atoms with Crippen molar-refractivity contribution in [3.8, 4) is 11.3 Å². The second-order valence-corrected chi connectivity index (χ2v) is 4.94. The summed E-state index contributed by atoms with van der Waals surface area (Å²) in [4.78, 5) is 16.1. The third kappa shape index (κ3) is 3.43. The Kier molecular flexibility index (Phi) is 4.03. The van der Waals surface area contributed by atoms with Crippen molar-refractivity contribution in [1.29, 1.82) is 0 Å². The van der Waals surface area contributed by atoms with Gasteiger partial charge in [0, 0.05) is 23.6 Å². The molecule has 122 valence electrons. The largest absolute Gasteiger partial charge is 0.416 e. The van der Waals surface area contributed by atoms with Crippen molar-refractivity contribution in [3.05, 3.63) is 66.1 Å². The van der Waals surface area contributed by atoms with Crippen molar-refractivity contribution in [1.82, 2.24) is 15.2 Å². The molecule has 0 spiro atoms. The van der Waals surface area contributed by atoms with Crippen molar-refractivity contribution in [2.75, 3.05) is 5.32 Å². The number of benzene rings is 1. The maximum atomic E-state index is 12.7. The van der Waals surface area contributed by atoms with Gasteiger partial charge in [0.1, 0.15) is 5.69 Å². The Hall–Kier alpha value is -3.16. The molecule has 0 aliphatic rings. The average molecular weight is 332 g/mol. The number of H-pyrrole nitrogens is 1. The highest BCUT2D eigenvalue weighted by molar-refractivity contribution is 6.03. The van der Waals surface area contributed by atoms with Gasteiger partial charge in [0.2, 0.25) is 0 Å². The first-order valence-electron chi connectivity index (χ1n) is 6.88. The Morgan fingerprint density at radius 1 is 1.12 bits per heavy atom. The van der Waals surface area contributed by atoms with E-state index in [0.29, 0.717) is 11.3 Å². The standard InChI is InChI=1S/C16H11F3N4O/c17-16(18,19)11-4-1-5-12(7-11)21-15(24)14-8-13(22-23-14)10-3-2-6-20-9-10/h1-9H,(H,21,24)(H,22,23). The van der Waals surface area contributed by atoms with Gasteiger partial charge >= 0.3 is 6.18 Å². The summed E-state index contributed by atoms with van der Waals surface area (Å²) in [6, 6.07) is 9.42. The van der Waals surface area contributed by atoms with Crippen LogP contribution in [-0.4, -0.2) is 21.1 Å². The summed E-state index contributed by atoms with van der Waals surface area (Å²) < 4.78 is 38.1. The molecule has 8 heteroatoms. The second kappa shape index (κ2) is 6.15. The molecule has 3 aromatic rings. The molecule has 3 rings (SSSR count). The van der Waals surface area contributed by atoms with E-state index >= 15 is 0 Å². The lowest BCUT2D eigenvalue weighted by Gasteiger charge is -2.09. The summed E-state index contributed by atoms with van der Waals surface area (Å²) in [7, 11) is 0. The van der Waals surface area contributed by atoms with E-state index in [2.05, 4.69) is 20.5 Å². The highest BCUT2D eigenvalue weighted by Gasteiger charge is 2.30. The number of anilines is 1. The molecule has 0 saturated heterocycles. The van der Waals surface area contributed by atoms with Crippen molar-refractivity contribution in [2.24, 2.45) is 0 Å². The molecule has 2 aromatic heterocycles. The van der Waals surface area contributed by atoms with E-state index in [4.69, 9.17) is 0 Å². The van der Waals surface area contributed by atoms with Crippen LogP contribution < -0.4 is 5.32 Å². The van der Waals surface area contributed by atoms with Crippen molar-refractivity contribution >= 4 is 11.6 Å². The number of amides is 1. The van der Waals surface area contributed by atoms with Crippen LogP contribution in [0.3, 0.4) is 0 Å². The van der Waals surface area contributed by atoms with E-state index in [1.54, 1.807) is 24.5 Å². The van der Waals surface area contributed by atoms with Crippen LogP contribution in [0.4, 0.5) is 18.9 Å². The maximum Gasteiger partial charge on any atom is 0.416 e. The minimum atomic E-state index is -4.47. The number of hydrogen-bond acceptors (Lipinski definition) is 3. The molecule has 0 atom stereocenters. The lowest BCUT2D eigenvalue weighted by Crippen LogP contribution is -2.13. The minimum Gasteiger partial charge on any atom is -0.321 e. The van der Waals surface area contributed by atoms with Gasteiger partial charge in [0.15, 0.2) is 0 Å². The monoisotopic (exact) mass is 332 g/mol. The number of nitrogens with one attached hydrogen (secondary N) is 2. The normalized spacial score (nSPS) is 11.3. The van der Waals surface area contributed by atoms with Gasteiger partial charge in [-0.05, 0) is 36.4 Å². The van der Waals surface area contributed by atoms with Crippen LogP contribution in [0.25, 0.3) is 11.3 Å².